The maximum absolute atomic E-state index is 5.45. The summed E-state index contributed by atoms with van der Waals surface area (Å²) >= 11 is 0. The van der Waals surface area contributed by atoms with Crippen LogP contribution < -0.4 is 4.74 Å². The van der Waals surface area contributed by atoms with Gasteiger partial charge in [0.15, 0.2) is 0 Å². The molecule has 0 amide bonds. The van der Waals surface area contributed by atoms with Gasteiger partial charge in [0.25, 0.3) is 0 Å². The van der Waals surface area contributed by atoms with Crippen molar-refractivity contribution in [3.8, 4) is 5.75 Å². The van der Waals surface area contributed by atoms with Crippen molar-refractivity contribution in [2.24, 2.45) is 0 Å². The van der Waals surface area contributed by atoms with Gasteiger partial charge in [0.2, 0.25) is 0 Å². The Morgan fingerprint density at radius 1 is 1.20 bits per heavy atom. The van der Waals surface area contributed by atoms with Crippen molar-refractivity contribution in [2.75, 3.05) is 6.61 Å². The Kier molecular flexibility index (Phi) is 6.85. The second kappa shape index (κ2) is 7.33. The molecule has 0 aromatic heterocycles. The van der Waals surface area contributed by atoms with E-state index in [9.17, 15) is 0 Å². The van der Waals surface area contributed by atoms with Crippen LogP contribution in [0.1, 0.15) is 51.7 Å². The average molecular weight is 208 g/mol. The highest BCUT2D eigenvalue weighted by atomic mass is 16.5. The van der Waals surface area contributed by atoms with E-state index in [1.165, 1.54) is 11.1 Å². The third-order valence-corrected chi connectivity index (χ3v) is 2.18. The SMILES string of the molecule is CC.CCOc1ccc(C)c(C(C)C)c1. The lowest BCUT2D eigenvalue weighted by Gasteiger charge is -2.11. The van der Waals surface area contributed by atoms with Crippen molar-refractivity contribution in [1.29, 1.82) is 0 Å². The summed E-state index contributed by atoms with van der Waals surface area (Å²) in [7, 11) is 0. The number of ether oxygens (including phenoxy) is 1. The molecule has 0 aliphatic rings. The molecule has 0 heterocycles. The van der Waals surface area contributed by atoms with E-state index in [0.717, 1.165) is 12.4 Å². The normalized spacial score (nSPS) is 9.53. The third-order valence-electron chi connectivity index (χ3n) is 2.18. The minimum absolute atomic E-state index is 0.570. The first-order valence-electron chi connectivity index (χ1n) is 5.88. The Morgan fingerprint density at radius 3 is 2.27 bits per heavy atom. The molecule has 0 atom stereocenters. The van der Waals surface area contributed by atoms with Crippen LogP contribution in [0.4, 0.5) is 0 Å². The first kappa shape index (κ1) is 14.0. The number of benzene rings is 1. The average Bonchev–Trinajstić information content (AvgIpc) is 2.24. The van der Waals surface area contributed by atoms with E-state index >= 15 is 0 Å². The molecular formula is C14H24O. The lowest BCUT2D eigenvalue weighted by Crippen LogP contribution is -1.96. The van der Waals surface area contributed by atoms with E-state index in [4.69, 9.17) is 4.74 Å². The Morgan fingerprint density at radius 2 is 1.80 bits per heavy atom. The van der Waals surface area contributed by atoms with Gasteiger partial charge in [-0.15, -0.1) is 0 Å². The summed E-state index contributed by atoms with van der Waals surface area (Å²) in [6.07, 6.45) is 0. The fourth-order valence-corrected chi connectivity index (χ4v) is 1.50. The molecule has 0 fully saturated rings. The largest absolute Gasteiger partial charge is 0.494 e. The molecule has 0 saturated carbocycles. The monoisotopic (exact) mass is 208 g/mol. The molecule has 86 valence electrons. The maximum atomic E-state index is 5.45. The van der Waals surface area contributed by atoms with Crippen molar-refractivity contribution in [1.82, 2.24) is 0 Å². The highest BCUT2D eigenvalue weighted by Gasteiger charge is 2.04. The zero-order valence-electron chi connectivity index (χ0n) is 10.9. The molecule has 1 aromatic carbocycles. The Labute approximate surface area is 94.5 Å². The van der Waals surface area contributed by atoms with E-state index in [0.29, 0.717) is 5.92 Å². The van der Waals surface area contributed by atoms with E-state index in [2.05, 4.69) is 32.9 Å². The highest BCUT2D eigenvalue weighted by Crippen LogP contribution is 2.23. The topological polar surface area (TPSA) is 9.23 Å². The van der Waals surface area contributed by atoms with E-state index in [1.807, 2.05) is 26.8 Å². The number of hydrogen-bond donors (Lipinski definition) is 0. The van der Waals surface area contributed by atoms with Gasteiger partial charge in [0.05, 0.1) is 6.61 Å². The molecule has 0 N–H and O–H groups in total. The van der Waals surface area contributed by atoms with Crippen LogP contribution in [-0.4, -0.2) is 6.61 Å². The summed E-state index contributed by atoms with van der Waals surface area (Å²) in [5.74, 6) is 1.55. The Bertz CT molecular complexity index is 277. The Hall–Kier alpha value is -0.980. The zero-order valence-corrected chi connectivity index (χ0v) is 10.9. The summed E-state index contributed by atoms with van der Waals surface area (Å²) in [5.41, 5.74) is 2.73. The van der Waals surface area contributed by atoms with Gasteiger partial charge in [-0.05, 0) is 43.0 Å². The molecule has 1 nitrogen and oxygen atoms in total. The molecule has 0 aliphatic heterocycles. The minimum Gasteiger partial charge on any atom is -0.494 e. The molecule has 1 aromatic rings. The molecule has 1 rings (SSSR count). The van der Waals surface area contributed by atoms with E-state index < -0.39 is 0 Å². The summed E-state index contributed by atoms with van der Waals surface area (Å²) in [6, 6.07) is 6.30. The van der Waals surface area contributed by atoms with Gasteiger partial charge in [-0.1, -0.05) is 33.8 Å². The van der Waals surface area contributed by atoms with Crippen LogP contribution in [0, 0.1) is 6.92 Å². The molecule has 0 unspecified atom stereocenters. The summed E-state index contributed by atoms with van der Waals surface area (Å²) < 4.78 is 5.45. The predicted octanol–water partition coefficient (Wildman–Crippen LogP) is 4.54. The van der Waals surface area contributed by atoms with Gasteiger partial charge in [-0.2, -0.15) is 0 Å². The second-order valence-corrected chi connectivity index (χ2v) is 3.61. The number of aryl methyl sites for hydroxylation is 1. The maximum Gasteiger partial charge on any atom is 0.119 e. The van der Waals surface area contributed by atoms with Gasteiger partial charge < -0.3 is 4.74 Å². The van der Waals surface area contributed by atoms with Gasteiger partial charge >= 0.3 is 0 Å². The van der Waals surface area contributed by atoms with Crippen LogP contribution >= 0.6 is 0 Å². The van der Waals surface area contributed by atoms with Crippen LogP contribution in [0.25, 0.3) is 0 Å². The Balaban J connectivity index is 0.000000921. The lowest BCUT2D eigenvalue weighted by atomic mass is 9.98. The first-order chi connectivity index (χ1) is 7.15. The van der Waals surface area contributed by atoms with Gasteiger partial charge in [-0.25, -0.2) is 0 Å². The fraction of sp³-hybridized carbons (Fsp3) is 0.571. The van der Waals surface area contributed by atoms with Crippen molar-refractivity contribution in [3.63, 3.8) is 0 Å². The number of rotatable bonds is 3. The van der Waals surface area contributed by atoms with Crippen molar-refractivity contribution < 1.29 is 4.74 Å². The zero-order chi connectivity index (χ0) is 11.8. The molecule has 1 heteroatoms. The minimum atomic E-state index is 0.570. The molecule has 0 radical (unpaired) electrons. The molecule has 0 aliphatic carbocycles. The summed E-state index contributed by atoms with van der Waals surface area (Å²) in [4.78, 5) is 0. The van der Waals surface area contributed by atoms with E-state index in [-0.39, 0.29) is 0 Å². The van der Waals surface area contributed by atoms with Gasteiger partial charge in [0, 0.05) is 0 Å². The smallest absolute Gasteiger partial charge is 0.119 e. The highest BCUT2D eigenvalue weighted by molar-refractivity contribution is 5.36. The third kappa shape index (κ3) is 4.37. The molecular weight excluding hydrogens is 184 g/mol. The second-order valence-electron chi connectivity index (χ2n) is 3.61. The van der Waals surface area contributed by atoms with Crippen LogP contribution in [0.2, 0.25) is 0 Å². The lowest BCUT2D eigenvalue weighted by molar-refractivity contribution is 0.339. The van der Waals surface area contributed by atoms with Crippen molar-refractivity contribution in [2.45, 2.75) is 47.5 Å². The standard InChI is InChI=1S/C12H18O.C2H6/c1-5-13-11-7-6-10(4)12(8-11)9(2)3;1-2/h6-9H,5H2,1-4H3;1-2H3. The molecule has 0 saturated heterocycles. The van der Waals surface area contributed by atoms with Crippen LogP contribution in [-0.2, 0) is 0 Å². The summed E-state index contributed by atoms with van der Waals surface area (Å²) in [5, 5.41) is 0. The molecule has 15 heavy (non-hydrogen) atoms. The predicted molar refractivity (Wildman–Crippen MR) is 67.8 cm³/mol. The van der Waals surface area contributed by atoms with Crippen LogP contribution in [0.15, 0.2) is 18.2 Å². The number of hydrogen-bond acceptors (Lipinski definition) is 1. The van der Waals surface area contributed by atoms with E-state index in [1.54, 1.807) is 0 Å². The van der Waals surface area contributed by atoms with Gasteiger partial charge in [0.1, 0.15) is 5.75 Å². The molecule has 0 bridgehead atoms. The summed E-state index contributed by atoms with van der Waals surface area (Å²) in [6.45, 7) is 13.3. The van der Waals surface area contributed by atoms with Crippen molar-refractivity contribution >= 4 is 0 Å². The quantitative estimate of drug-likeness (QED) is 0.708. The van der Waals surface area contributed by atoms with Gasteiger partial charge in [-0.3, -0.25) is 0 Å². The first-order valence-corrected chi connectivity index (χ1v) is 5.88. The van der Waals surface area contributed by atoms with Crippen molar-refractivity contribution in [3.05, 3.63) is 29.3 Å². The van der Waals surface area contributed by atoms with Crippen LogP contribution in [0.3, 0.4) is 0 Å². The fourth-order valence-electron chi connectivity index (χ4n) is 1.50. The molecule has 0 spiro atoms. The van der Waals surface area contributed by atoms with Crippen LogP contribution in [0.5, 0.6) is 5.75 Å².